The Morgan fingerprint density at radius 1 is 1.07 bits per heavy atom. The molecule has 0 saturated carbocycles. The van der Waals surface area contributed by atoms with E-state index in [0.717, 1.165) is 16.8 Å². The van der Waals surface area contributed by atoms with Crippen molar-refractivity contribution in [2.75, 3.05) is 5.01 Å². The number of furan rings is 1. The fourth-order valence-electron chi connectivity index (χ4n) is 2.92. The van der Waals surface area contributed by atoms with Crippen molar-refractivity contribution < 1.29 is 4.42 Å². The Labute approximate surface area is 156 Å². The second-order valence-corrected chi connectivity index (χ2v) is 6.20. The minimum absolute atomic E-state index is 0.563. The van der Waals surface area contributed by atoms with Crippen LogP contribution in [-0.4, -0.2) is 14.9 Å². The molecule has 0 bridgehead atoms. The summed E-state index contributed by atoms with van der Waals surface area (Å²) in [7, 11) is 0. The van der Waals surface area contributed by atoms with Gasteiger partial charge in [0.25, 0.3) is 0 Å². The molecular formula is C21H17N5O. The molecule has 0 aliphatic heterocycles. The number of hydrogen-bond donors (Lipinski definition) is 0. The predicted octanol–water partition coefficient (Wildman–Crippen LogP) is 4.19. The van der Waals surface area contributed by atoms with E-state index < -0.39 is 0 Å². The highest BCUT2D eigenvalue weighted by Crippen LogP contribution is 2.29. The van der Waals surface area contributed by atoms with Crippen molar-refractivity contribution in [3.05, 3.63) is 90.2 Å². The third-order valence-electron chi connectivity index (χ3n) is 4.35. The Hall–Kier alpha value is -3.85. The van der Waals surface area contributed by atoms with Crippen molar-refractivity contribution in [2.45, 2.75) is 13.5 Å². The van der Waals surface area contributed by atoms with E-state index in [0.29, 0.717) is 17.9 Å². The van der Waals surface area contributed by atoms with Crippen molar-refractivity contribution in [2.24, 2.45) is 0 Å². The number of rotatable bonds is 5. The molecule has 4 rings (SSSR count). The predicted molar refractivity (Wildman–Crippen MR) is 102 cm³/mol. The van der Waals surface area contributed by atoms with Gasteiger partial charge in [-0.25, -0.2) is 4.68 Å². The van der Waals surface area contributed by atoms with E-state index in [2.05, 4.69) is 47.5 Å². The molecule has 0 radical (unpaired) electrons. The topological polar surface area (TPSA) is 70.9 Å². The molecule has 2 aromatic carbocycles. The van der Waals surface area contributed by atoms with Gasteiger partial charge in [-0.2, -0.15) is 5.26 Å². The Morgan fingerprint density at radius 3 is 2.52 bits per heavy atom. The molecule has 0 aliphatic carbocycles. The van der Waals surface area contributed by atoms with Gasteiger partial charge in [0.1, 0.15) is 18.4 Å². The van der Waals surface area contributed by atoms with Crippen LogP contribution in [0.1, 0.15) is 16.7 Å². The van der Waals surface area contributed by atoms with Gasteiger partial charge in [-0.15, -0.1) is 10.2 Å². The zero-order valence-corrected chi connectivity index (χ0v) is 14.8. The largest absolute Gasteiger partial charge is 0.464 e. The summed E-state index contributed by atoms with van der Waals surface area (Å²) in [4.78, 5) is 0. The van der Waals surface area contributed by atoms with E-state index in [4.69, 9.17) is 4.42 Å². The lowest BCUT2D eigenvalue weighted by molar-refractivity contribution is 0.582. The molecule has 0 aliphatic rings. The summed E-state index contributed by atoms with van der Waals surface area (Å²) in [5.74, 6) is 0.660. The highest BCUT2D eigenvalue weighted by atomic mass is 16.3. The number of nitriles is 1. The fraction of sp³-hybridized carbons (Fsp3) is 0.0952. The second-order valence-electron chi connectivity index (χ2n) is 6.20. The number of aryl methyl sites for hydroxylation is 1. The van der Waals surface area contributed by atoms with Gasteiger partial charge >= 0.3 is 0 Å². The van der Waals surface area contributed by atoms with Gasteiger partial charge in [-0.3, -0.25) is 5.01 Å². The highest BCUT2D eigenvalue weighted by Gasteiger charge is 2.15. The van der Waals surface area contributed by atoms with Crippen LogP contribution in [0.3, 0.4) is 0 Å². The van der Waals surface area contributed by atoms with Gasteiger partial charge < -0.3 is 4.42 Å². The lowest BCUT2D eigenvalue weighted by Crippen LogP contribution is -2.27. The molecule has 0 amide bonds. The molecular weight excluding hydrogens is 338 g/mol. The molecule has 132 valence electrons. The minimum atomic E-state index is 0.563. The van der Waals surface area contributed by atoms with E-state index >= 15 is 0 Å². The maximum atomic E-state index is 9.46. The van der Waals surface area contributed by atoms with Gasteiger partial charge in [-0.1, -0.05) is 29.8 Å². The van der Waals surface area contributed by atoms with Crippen LogP contribution in [0, 0.1) is 18.3 Å². The van der Waals surface area contributed by atoms with Crippen molar-refractivity contribution in [1.82, 2.24) is 14.9 Å². The first-order valence-electron chi connectivity index (χ1n) is 8.50. The SMILES string of the molecule is Cc1ccc(CN(c2ccc(C#N)c(-c3ccco3)c2)n2cnnc2)cc1. The molecule has 0 saturated heterocycles. The maximum Gasteiger partial charge on any atom is 0.139 e. The zero-order valence-electron chi connectivity index (χ0n) is 14.8. The summed E-state index contributed by atoms with van der Waals surface area (Å²) in [6.07, 6.45) is 4.91. The molecule has 2 aromatic heterocycles. The molecule has 6 nitrogen and oxygen atoms in total. The third-order valence-corrected chi connectivity index (χ3v) is 4.35. The monoisotopic (exact) mass is 355 g/mol. The van der Waals surface area contributed by atoms with Gasteiger partial charge in [0.15, 0.2) is 0 Å². The van der Waals surface area contributed by atoms with Crippen LogP contribution in [0.25, 0.3) is 11.3 Å². The second kappa shape index (κ2) is 7.18. The molecule has 27 heavy (non-hydrogen) atoms. The Balaban J connectivity index is 1.77. The molecule has 0 unspecified atom stereocenters. The lowest BCUT2D eigenvalue weighted by atomic mass is 10.0. The fourth-order valence-corrected chi connectivity index (χ4v) is 2.92. The van der Waals surface area contributed by atoms with Crippen LogP contribution in [0.15, 0.2) is 77.9 Å². The van der Waals surface area contributed by atoms with Crippen LogP contribution in [-0.2, 0) is 6.54 Å². The summed E-state index contributed by atoms with van der Waals surface area (Å²) >= 11 is 0. The number of hydrogen-bond acceptors (Lipinski definition) is 5. The zero-order chi connectivity index (χ0) is 18.6. The van der Waals surface area contributed by atoms with Crippen LogP contribution in [0.2, 0.25) is 0 Å². The quantitative estimate of drug-likeness (QED) is 0.537. The van der Waals surface area contributed by atoms with Gasteiger partial charge in [0.2, 0.25) is 0 Å². The van der Waals surface area contributed by atoms with Gasteiger partial charge in [0.05, 0.1) is 30.1 Å². The van der Waals surface area contributed by atoms with Crippen molar-refractivity contribution >= 4 is 5.69 Å². The normalized spacial score (nSPS) is 10.5. The molecule has 0 N–H and O–H groups in total. The summed E-state index contributed by atoms with van der Waals surface area (Å²) in [6, 6.07) is 19.9. The molecule has 0 fully saturated rings. The van der Waals surface area contributed by atoms with Gasteiger partial charge in [-0.05, 0) is 42.8 Å². The average molecular weight is 355 g/mol. The third kappa shape index (κ3) is 3.44. The summed E-state index contributed by atoms with van der Waals surface area (Å²) in [6.45, 7) is 2.69. The molecule has 0 atom stereocenters. The molecule has 2 heterocycles. The van der Waals surface area contributed by atoms with Crippen molar-refractivity contribution in [3.63, 3.8) is 0 Å². The van der Waals surface area contributed by atoms with E-state index in [1.54, 1.807) is 25.0 Å². The highest BCUT2D eigenvalue weighted by molar-refractivity contribution is 5.71. The number of aromatic nitrogens is 3. The molecule has 4 aromatic rings. The minimum Gasteiger partial charge on any atom is -0.464 e. The molecule has 6 heteroatoms. The smallest absolute Gasteiger partial charge is 0.139 e. The number of benzene rings is 2. The Morgan fingerprint density at radius 2 is 1.85 bits per heavy atom. The van der Waals surface area contributed by atoms with Crippen molar-refractivity contribution in [1.29, 1.82) is 5.26 Å². The van der Waals surface area contributed by atoms with E-state index in [-0.39, 0.29) is 0 Å². The summed E-state index contributed by atoms with van der Waals surface area (Å²) < 4.78 is 7.34. The summed E-state index contributed by atoms with van der Waals surface area (Å²) in [5, 5.41) is 19.4. The van der Waals surface area contributed by atoms with Crippen LogP contribution in [0.4, 0.5) is 5.69 Å². The average Bonchev–Trinajstić information content (AvgIpc) is 3.41. The van der Waals surface area contributed by atoms with E-state index in [9.17, 15) is 5.26 Å². The van der Waals surface area contributed by atoms with Gasteiger partial charge in [0, 0.05) is 5.56 Å². The molecule has 0 spiro atoms. The van der Waals surface area contributed by atoms with Crippen LogP contribution >= 0.6 is 0 Å². The standard InChI is InChI=1S/C21H17N5O/c1-16-4-6-17(7-5-16)13-26(25-14-23-24-15-25)19-9-8-18(12-22)20(11-19)21-3-2-10-27-21/h2-11,14-15H,13H2,1H3. The first kappa shape index (κ1) is 16.6. The first-order valence-corrected chi connectivity index (χ1v) is 8.50. The van der Waals surface area contributed by atoms with Crippen LogP contribution < -0.4 is 5.01 Å². The Bertz CT molecular complexity index is 1060. The van der Waals surface area contributed by atoms with E-state index in [1.165, 1.54) is 5.56 Å². The first-order chi connectivity index (χ1) is 13.2. The summed E-state index contributed by atoms with van der Waals surface area (Å²) in [5.41, 5.74) is 4.58. The number of nitrogens with zero attached hydrogens (tertiary/aromatic N) is 5. The maximum absolute atomic E-state index is 9.46. The Kier molecular flexibility index (Phi) is 4.42. The van der Waals surface area contributed by atoms with Crippen LogP contribution in [0.5, 0.6) is 0 Å². The lowest BCUT2D eigenvalue weighted by Gasteiger charge is -2.25. The van der Waals surface area contributed by atoms with E-state index in [1.807, 2.05) is 34.0 Å². The van der Waals surface area contributed by atoms with Crippen molar-refractivity contribution in [3.8, 4) is 17.4 Å². The number of anilines is 1.